The van der Waals surface area contributed by atoms with Gasteiger partial charge in [0.25, 0.3) is 5.91 Å². The number of hydrogen-bond donors (Lipinski definition) is 1. The fourth-order valence-electron chi connectivity index (χ4n) is 3.68. The first kappa shape index (κ1) is 18.7. The fraction of sp³-hybridized carbons (Fsp3) is 0.318. The van der Waals surface area contributed by atoms with Gasteiger partial charge in [0.1, 0.15) is 11.6 Å². The smallest absolute Gasteiger partial charge is 0.257 e. The highest BCUT2D eigenvalue weighted by Gasteiger charge is 2.29. The van der Waals surface area contributed by atoms with Crippen LogP contribution in [0.25, 0.3) is 11.0 Å². The van der Waals surface area contributed by atoms with E-state index in [0.29, 0.717) is 32.2 Å². The maximum atomic E-state index is 14.0. The van der Waals surface area contributed by atoms with Gasteiger partial charge in [-0.2, -0.15) is 0 Å². The van der Waals surface area contributed by atoms with E-state index in [1.54, 1.807) is 4.90 Å². The van der Waals surface area contributed by atoms with Crippen LogP contribution in [0.1, 0.15) is 23.2 Å². The first-order chi connectivity index (χ1) is 14.6. The number of para-hydroxylation sites is 2. The molecule has 30 heavy (non-hydrogen) atoms. The van der Waals surface area contributed by atoms with Crippen LogP contribution in [0.5, 0.6) is 0 Å². The van der Waals surface area contributed by atoms with Gasteiger partial charge >= 0.3 is 0 Å². The second-order valence-electron chi connectivity index (χ2n) is 7.71. The van der Waals surface area contributed by atoms with E-state index >= 15 is 0 Å². The van der Waals surface area contributed by atoms with Crippen LogP contribution in [0, 0.1) is 11.6 Å². The number of amides is 1. The van der Waals surface area contributed by atoms with Crippen LogP contribution in [0.15, 0.2) is 42.5 Å². The lowest BCUT2D eigenvalue weighted by Gasteiger charge is -2.36. The summed E-state index contributed by atoms with van der Waals surface area (Å²) in [5.41, 5.74) is 1.42. The molecule has 1 N–H and O–H groups in total. The number of hydrogen-bond acceptors (Lipinski definition) is 5. The van der Waals surface area contributed by atoms with E-state index < -0.39 is 17.5 Å². The number of nitrogens with zero attached hydrogens (tertiary/aromatic N) is 4. The topological polar surface area (TPSA) is 61.4 Å². The molecule has 0 spiro atoms. The molecule has 154 valence electrons. The van der Waals surface area contributed by atoms with Gasteiger partial charge < -0.3 is 15.1 Å². The highest BCUT2D eigenvalue weighted by molar-refractivity contribution is 5.94. The summed E-state index contributed by atoms with van der Waals surface area (Å²) in [5, 5.41) is 3.46. The monoisotopic (exact) mass is 409 g/mol. The van der Waals surface area contributed by atoms with Crippen molar-refractivity contribution >= 4 is 28.6 Å². The second kappa shape index (κ2) is 7.51. The Kier molecular flexibility index (Phi) is 4.69. The highest BCUT2D eigenvalue weighted by Crippen LogP contribution is 2.31. The van der Waals surface area contributed by atoms with E-state index in [2.05, 4.69) is 10.2 Å². The third-order valence-electron chi connectivity index (χ3n) is 5.50. The molecule has 2 aliphatic rings. The summed E-state index contributed by atoms with van der Waals surface area (Å²) in [4.78, 5) is 25.9. The van der Waals surface area contributed by atoms with Crippen LogP contribution in [0.4, 0.5) is 20.4 Å². The Morgan fingerprint density at radius 1 is 0.967 bits per heavy atom. The Balaban J connectivity index is 1.36. The molecular weight excluding hydrogens is 388 g/mol. The van der Waals surface area contributed by atoms with E-state index in [1.807, 2.05) is 24.3 Å². The lowest BCUT2D eigenvalue weighted by Crippen LogP contribution is -2.49. The number of aromatic nitrogens is 2. The van der Waals surface area contributed by atoms with Gasteiger partial charge in [0.2, 0.25) is 0 Å². The zero-order valence-electron chi connectivity index (χ0n) is 16.3. The van der Waals surface area contributed by atoms with Crippen molar-refractivity contribution in [3.8, 4) is 0 Å². The quantitative estimate of drug-likeness (QED) is 0.715. The van der Waals surface area contributed by atoms with Crippen LogP contribution in [0.2, 0.25) is 0 Å². The molecule has 2 fully saturated rings. The Hall–Kier alpha value is -3.29. The van der Waals surface area contributed by atoms with Crippen LogP contribution < -0.4 is 10.2 Å². The molecule has 1 aliphatic carbocycles. The van der Waals surface area contributed by atoms with Gasteiger partial charge in [-0.15, -0.1) is 0 Å². The molecule has 1 saturated carbocycles. The summed E-state index contributed by atoms with van der Waals surface area (Å²) < 4.78 is 27.5. The van der Waals surface area contributed by atoms with Gasteiger partial charge in [0.05, 0.1) is 16.6 Å². The Morgan fingerprint density at radius 3 is 2.37 bits per heavy atom. The van der Waals surface area contributed by atoms with Gasteiger partial charge in [-0.1, -0.05) is 12.1 Å². The predicted molar refractivity (Wildman–Crippen MR) is 111 cm³/mol. The Labute approximate surface area is 172 Å². The van der Waals surface area contributed by atoms with Crippen LogP contribution >= 0.6 is 0 Å². The lowest BCUT2D eigenvalue weighted by molar-refractivity contribution is 0.0741. The zero-order chi connectivity index (χ0) is 20.7. The van der Waals surface area contributed by atoms with E-state index in [4.69, 9.17) is 9.97 Å². The van der Waals surface area contributed by atoms with Gasteiger partial charge in [-0.3, -0.25) is 4.79 Å². The molecule has 5 rings (SSSR count). The fourth-order valence-corrected chi connectivity index (χ4v) is 3.68. The standard InChI is InChI=1S/C22H21F2N5O/c23-14-5-8-17(24)16(13-14)22(30)29-11-9-28(10-12-29)21-20(25-15-6-7-15)26-18-3-1-2-4-19(18)27-21/h1-5,8,13,15H,6-7,9-12H2,(H,25,26). The summed E-state index contributed by atoms with van der Waals surface area (Å²) in [7, 11) is 0. The molecular formula is C22H21F2N5O. The molecule has 0 atom stereocenters. The third-order valence-corrected chi connectivity index (χ3v) is 5.50. The summed E-state index contributed by atoms with van der Waals surface area (Å²) in [6.07, 6.45) is 2.24. The number of piperazine rings is 1. The summed E-state index contributed by atoms with van der Waals surface area (Å²) in [5.74, 6) is -0.301. The highest BCUT2D eigenvalue weighted by atomic mass is 19.1. The number of anilines is 2. The maximum absolute atomic E-state index is 14.0. The van der Waals surface area contributed by atoms with Crippen molar-refractivity contribution in [2.24, 2.45) is 0 Å². The molecule has 2 heterocycles. The lowest BCUT2D eigenvalue weighted by atomic mass is 10.1. The largest absolute Gasteiger partial charge is 0.364 e. The van der Waals surface area contributed by atoms with E-state index in [1.165, 1.54) is 0 Å². The van der Waals surface area contributed by atoms with Gasteiger partial charge in [-0.25, -0.2) is 18.7 Å². The number of nitrogens with one attached hydrogen (secondary N) is 1. The molecule has 8 heteroatoms. The molecule has 1 amide bonds. The van der Waals surface area contributed by atoms with E-state index in [0.717, 1.165) is 53.7 Å². The molecule has 1 aromatic heterocycles. The average molecular weight is 409 g/mol. The van der Waals surface area contributed by atoms with Gasteiger partial charge in [0, 0.05) is 32.2 Å². The normalized spacial score (nSPS) is 16.7. The average Bonchev–Trinajstić information content (AvgIpc) is 3.59. The van der Waals surface area contributed by atoms with Crippen LogP contribution in [-0.4, -0.2) is 53.0 Å². The zero-order valence-corrected chi connectivity index (χ0v) is 16.3. The number of rotatable bonds is 4. The van der Waals surface area contributed by atoms with E-state index in [-0.39, 0.29) is 5.56 Å². The Morgan fingerprint density at radius 2 is 1.67 bits per heavy atom. The van der Waals surface area contributed by atoms with Crippen molar-refractivity contribution in [2.45, 2.75) is 18.9 Å². The number of benzene rings is 2. The molecule has 0 unspecified atom stereocenters. The molecule has 2 aromatic carbocycles. The van der Waals surface area contributed by atoms with Crippen molar-refractivity contribution in [1.82, 2.24) is 14.9 Å². The van der Waals surface area contributed by atoms with Crippen molar-refractivity contribution in [1.29, 1.82) is 0 Å². The summed E-state index contributed by atoms with van der Waals surface area (Å²) >= 11 is 0. The number of carbonyl (C=O) groups excluding carboxylic acids is 1. The Bertz CT molecular complexity index is 1110. The number of halogens is 2. The number of carbonyl (C=O) groups is 1. The van der Waals surface area contributed by atoms with Crippen molar-refractivity contribution in [3.63, 3.8) is 0 Å². The molecule has 3 aromatic rings. The van der Waals surface area contributed by atoms with Crippen molar-refractivity contribution < 1.29 is 13.6 Å². The number of fused-ring (bicyclic) bond motifs is 1. The first-order valence-electron chi connectivity index (χ1n) is 10.1. The summed E-state index contributed by atoms with van der Waals surface area (Å²) in [6.45, 7) is 1.86. The SMILES string of the molecule is O=C(c1cc(F)ccc1F)N1CCN(c2nc3ccccc3nc2NC2CC2)CC1. The second-order valence-corrected chi connectivity index (χ2v) is 7.71. The van der Waals surface area contributed by atoms with Crippen LogP contribution in [0.3, 0.4) is 0 Å². The maximum Gasteiger partial charge on any atom is 0.257 e. The first-order valence-corrected chi connectivity index (χ1v) is 10.1. The van der Waals surface area contributed by atoms with Gasteiger partial charge in [0.15, 0.2) is 11.6 Å². The molecule has 1 aliphatic heterocycles. The van der Waals surface area contributed by atoms with Gasteiger partial charge in [-0.05, 0) is 43.2 Å². The van der Waals surface area contributed by atoms with Crippen molar-refractivity contribution in [3.05, 3.63) is 59.7 Å². The minimum atomic E-state index is -0.708. The minimum absolute atomic E-state index is 0.231. The molecule has 0 radical (unpaired) electrons. The van der Waals surface area contributed by atoms with Crippen molar-refractivity contribution in [2.75, 3.05) is 36.4 Å². The third kappa shape index (κ3) is 3.65. The minimum Gasteiger partial charge on any atom is -0.364 e. The molecule has 0 bridgehead atoms. The van der Waals surface area contributed by atoms with Crippen LogP contribution in [-0.2, 0) is 0 Å². The molecule has 1 saturated heterocycles. The molecule has 6 nitrogen and oxygen atoms in total. The summed E-state index contributed by atoms with van der Waals surface area (Å²) in [6, 6.07) is 11.1. The predicted octanol–water partition coefficient (Wildman–Crippen LogP) is 3.44. The van der Waals surface area contributed by atoms with E-state index in [9.17, 15) is 13.6 Å².